The summed E-state index contributed by atoms with van der Waals surface area (Å²) in [7, 11) is 0. The van der Waals surface area contributed by atoms with Crippen molar-refractivity contribution in [3.05, 3.63) is 58.3 Å². The van der Waals surface area contributed by atoms with Crippen LogP contribution < -0.4 is 10.6 Å². The van der Waals surface area contributed by atoms with Crippen LogP contribution in [0.5, 0.6) is 0 Å². The van der Waals surface area contributed by atoms with E-state index in [-0.39, 0.29) is 24.9 Å². The summed E-state index contributed by atoms with van der Waals surface area (Å²) < 4.78 is 1.80. The lowest BCUT2D eigenvalue weighted by Gasteiger charge is -2.13. The van der Waals surface area contributed by atoms with Gasteiger partial charge in [0.15, 0.2) is 10.1 Å². The third-order valence-electron chi connectivity index (χ3n) is 4.12. The summed E-state index contributed by atoms with van der Waals surface area (Å²) >= 11 is 7.56. The summed E-state index contributed by atoms with van der Waals surface area (Å²) in [6, 6.07) is 6.55. The van der Waals surface area contributed by atoms with Crippen LogP contribution in [-0.4, -0.2) is 38.7 Å². The van der Waals surface area contributed by atoms with E-state index < -0.39 is 6.03 Å². The Labute approximate surface area is 168 Å². The summed E-state index contributed by atoms with van der Waals surface area (Å²) in [6.45, 7) is 0.153. The molecule has 0 atom stereocenters. The van der Waals surface area contributed by atoms with Gasteiger partial charge in [0.05, 0.1) is 18.8 Å². The number of imidazole rings is 1. The lowest BCUT2D eigenvalue weighted by atomic mass is 10.2. The highest BCUT2D eigenvalue weighted by atomic mass is 35.5. The second kappa shape index (κ2) is 7.45. The van der Waals surface area contributed by atoms with Crippen molar-refractivity contribution in [2.75, 3.05) is 11.9 Å². The molecule has 0 aliphatic carbocycles. The fourth-order valence-corrected chi connectivity index (χ4v) is 3.82. The minimum Gasteiger partial charge on any atom is -0.329 e. The molecule has 4 rings (SSSR count). The third kappa shape index (κ3) is 3.62. The molecule has 0 unspecified atom stereocenters. The van der Waals surface area contributed by atoms with Gasteiger partial charge in [-0.1, -0.05) is 23.7 Å². The summed E-state index contributed by atoms with van der Waals surface area (Å²) in [4.78, 5) is 41.7. The topological polar surface area (TPSA) is 95.8 Å². The molecule has 4 amide bonds. The van der Waals surface area contributed by atoms with Crippen molar-refractivity contribution in [2.24, 2.45) is 0 Å². The van der Waals surface area contributed by atoms with Crippen molar-refractivity contribution in [1.82, 2.24) is 19.6 Å². The van der Waals surface area contributed by atoms with Crippen LogP contribution in [0.1, 0.15) is 11.3 Å². The minimum absolute atomic E-state index is 0.00854. The van der Waals surface area contributed by atoms with E-state index in [2.05, 4.69) is 15.6 Å². The molecular weight excluding hydrogens is 402 g/mol. The zero-order chi connectivity index (χ0) is 19.7. The van der Waals surface area contributed by atoms with Gasteiger partial charge in [-0.2, -0.15) is 0 Å². The number of aromatic nitrogens is 2. The van der Waals surface area contributed by atoms with Gasteiger partial charge in [-0.05, 0) is 23.8 Å². The number of urea groups is 1. The maximum Gasteiger partial charge on any atom is 0.324 e. The Bertz CT molecular complexity index is 1100. The number of fused-ring (bicyclic) bond motifs is 1. The maximum atomic E-state index is 12.3. The number of hydrogen-bond donors (Lipinski definition) is 2. The van der Waals surface area contributed by atoms with E-state index >= 15 is 0 Å². The molecule has 0 radical (unpaired) electrons. The first-order valence-electron chi connectivity index (χ1n) is 8.28. The number of anilines is 1. The number of halogens is 1. The van der Waals surface area contributed by atoms with Crippen LogP contribution in [0.3, 0.4) is 0 Å². The van der Waals surface area contributed by atoms with Gasteiger partial charge in [0.2, 0.25) is 11.8 Å². The van der Waals surface area contributed by atoms with Crippen LogP contribution in [0.15, 0.2) is 41.9 Å². The molecule has 0 bridgehead atoms. The van der Waals surface area contributed by atoms with E-state index in [0.29, 0.717) is 16.5 Å². The molecule has 0 saturated carbocycles. The van der Waals surface area contributed by atoms with Crippen LogP contribution in [-0.2, 0) is 16.1 Å². The van der Waals surface area contributed by atoms with Crippen molar-refractivity contribution >= 4 is 57.5 Å². The average molecular weight is 416 g/mol. The second-order valence-electron chi connectivity index (χ2n) is 6.00. The number of rotatable bonds is 5. The second-order valence-corrected chi connectivity index (χ2v) is 7.24. The first kappa shape index (κ1) is 18.2. The monoisotopic (exact) mass is 415 g/mol. The molecule has 8 nitrogen and oxygen atoms in total. The fraction of sp³-hybridized carbons (Fsp3) is 0.111. The van der Waals surface area contributed by atoms with Crippen LogP contribution >= 0.6 is 22.9 Å². The molecule has 10 heteroatoms. The number of imide groups is 1. The Kier molecular flexibility index (Phi) is 4.84. The molecule has 2 aromatic heterocycles. The van der Waals surface area contributed by atoms with Crippen molar-refractivity contribution < 1.29 is 14.4 Å². The molecule has 1 aromatic carbocycles. The van der Waals surface area contributed by atoms with Gasteiger partial charge >= 0.3 is 6.03 Å². The smallest absolute Gasteiger partial charge is 0.324 e. The molecule has 1 saturated heterocycles. The number of carbonyl (C=O) groups excluding carboxylic acids is 3. The molecule has 28 heavy (non-hydrogen) atoms. The molecular formula is C18H14ClN5O3S. The summed E-state index contributed by atoms with van der Waals surface area (Å²) in [5.74, 6) is -0.617. The summed E-state index contributed by atoms with van der Waals surface area (Å²) in [6.07, 6.45) is 4.80. The van der Waals surface area contributed by atoms with Gasteiger partial charge in [-0.25, -0.2) is 9.78 Å². The summed E-state index contributed by atoms with van der Waals surface area (Å²) in [5, 5.41) is 7.43. The van der Waals surface area contributed by atoms with Gasteiger partial charge in [-0.15, -0.1) is 11.3 Å². The predicted molar refractivity (Wildman–Crippen MR) is 106 cm³/mol. The molecule has 0 spiro atoms. The average Bonchev–Trinajstić information content (AvgIpc) is 3.31. The SMILES string of the molecule is O=C(/C=C/c1c(Cl)nc2sccn12)Nc1cccc(CN2C(=O)CNC2=O)c1. The van der Waals surface area contributed by atoms with Gasteiger partial charge < -0.3 is 10.6 Å². The van der Waals surface area contributed by atoms with Crippen molar-refractivity contribution in [2.45, 2.75) is 6.54 Å². The minimum atomic E-state index is -0.417. The Morgan fingerprint density at radius 2 is 2.25 bits per heavy atom. The van der Waals surface area contributed by atoms with Crippen molar-refractivity contribution in [1.29, 1.82) is 0 Å². The molecule has 1 aliphatic rings. The zero-order valence-corrected chi connectivity index (χ0v) is 16.0. The Morgan fingerprint density at radius 3 is 3.04 bits per heavy atom. The predicted octanol–water partition coefficient (Wildman–Crippen LogP) is 2.75. The number of thiazole rings is 1. The first-order valence-corrected chi connectivity index (χ1v) is 9.54. The van der Waals surface area contributed by atoms with Crippen LogP contribution in [0.25, 0.3) is 11.0 Å². The number of carbonyl (C=O) groups is 3. The van der Waals surface area contributed by atoms with Crippen molar-refractivity contribution in [3.63, 3.8) is 0 Å². The Balaban J connectivity index is 1.44. The standard InChI is InChI=1S/C18H14ClN5O3S/c19-16-13(23-6-7-28-18(23)22-16)4-5-14(25)21-12-3-1-2-11(8-12)10-24-15(26)9-20-17(24)27/h1-8H,9-10H2,(H,20,27)(H,21,25)/b5-4+. The number of nitrogens with zero attached hydrogens (tertiary/aromatic N) is 3. The largest absolute Gasteiger partial charge is 0.329 e. The molecule has 1 aliphatic heterocycles. The van der Waals surface area contributed by atoms with E-state index in [4.69, 9.17) is 11.6 Å². The van der Waals surface area contributed by atoms with Crippen LogP contribution in [0.2, 0.25) is 5.15 Å². The molecule has 3 aromatic rings. The molecule has 142 valence electrons. The van der Waals surface area contributed by atoms with Gasteiger partial charge in [-0.3, -0.25) is 18.9 Å². The fourth-order valence-electron chi connectivity index (χ4n) is 2.81. The van der Waals surface area contributed by atoms with E-state index in [1.165, 1.54) is 17.4 Å². The van der Waals surface area contributed by atoms with Gasteiger partial charge in [0, 0.05) is 23.3 Å². The van der Waals surface area contributed by atoms with Gasteiger partial charge in [0.25, 0.3) is 0 Å². The normalized spacial score (nSPS) is 14.2. The highest BCUT2D eigenvalue weighted by molar-refractivity contribution is 7.15. The number of amides is 4. The highest BCUT2D eigenvalue weighted by Crippen LogP contribution is 2.22. The highest BCUT2D eigenvalue weighted by Gasteiger charge is 2.28. The Hall–Kier alpha value is -3.17. The summed E-state index contributed by atoms with van der Waals surface area (Å²) in [5.41, 5.74) is 1.91. The van der Waals surface area contributed by atoms with Gasteiger partial charge in [0.1, 0.15) is 0 Å². The van der Waals surface area contributed by atoms with E-state index in [1.54, 1.807) is 34.7 Å². The molecule has 2 N–H and O–H groups in total. The van der Waals surface area contributed by atoms with E-state index in [9.17, 15) is 14.4 Å². The lowest BCUT2D eigenvalue weighted by Crippen LogP contribution is -2.30. The van der Waals surface area contributed by atoms with Crippen LogP contribution in [0.4, 0.5) is 10.5 Å². The van der Waals surface area contributed by atoms with E-state index in [1.807, 2.05) is 11.6 Å². The maximum absolute atomic E-state index is 12.3. The molecule has 3 heterocycles. The third-order valence-corrected chi connectivity index (χ3v) is 5.15. The first-order chi connectivity index (χ1) is 13.5. The zero-order valence-electron chi connectivity index (χ0n) is 14.4. The van der Waals surface area contributed by atoms with Crippen molar-refractivity contribution in [3.8, 4) is 0 Å². The quantitative estimate of drug-likeness (QED) is 0.494. The number of hydrogen-bond acceptors (Lipinski definition) is 5. The van der Waals surface area contributed by atoms with E-state index in [0.717, 1.165) is 15.4 Å². The lowest BCUT2D eigenvalue weighted by molar-refractivity contribution is -0.125. The van der Waals surface area contributed by atoms with Crippen LogP contribution in [0, 0.1) is 0 Å². The Morgan fingerprint density at radius 1 is 1.39 bits per heavy atom. The number of benzene rings is 1. The molecule has 1 fully saturated rings. The number of nitrogens with one attached hydrogen (secondary N) is 2.